The zero-order valence-corrected chi connectivity index (χ0v) is 17.0. The Bertz CT molecular complexity index is 879. The first-order chi connectivity index (χ1) is 14.4. The fraction of sp³-hybridized carbons (Fsp3) is 0.250. The zero-order chi connectivity index (χ0) is 21.9. The van der Waals surface area contributed by atoms with Gasteiger partial charge in [-0.15, -0.1) is 0 Å². The molecule has 1 heterocycles. The molecule has 0 saturated heterocycles. The van der Waals surface area contributed by atoms with Gasteiger partial charge in [-0.05, 0) is 29.9 Å². The van der Waals surface area contributed by atoms with Crippen molar-refractivity contribution in [3.05, 3.63) is 60.4 Å². The molecule has 10 heteroatoms. The first-order valence-electron chi connectivity index (χ1n) is 9.00. The number of aliphatic carboxylic acids is 1. The van der Waals surface area contributed by atoms with Crippen molar-refractivity contribution in [3.63, 3.8) is 0 Å². The standard InChI is InChI=1S/C20H22N4O5S/c1-29-19(28)16(10-13-6-3-2-4-7-13)23-18(27)15(11-17(25)26)24-20(30)22-14-8-5-9-21-12-14/h2-9,12,15-16H,10-11H2,1H3,(H,23,27)(H,25,26)(H2,22,24,30)/t15-,16-/m0/s1. The lowest BCUT2D eigenvalue weighted by molar-refractivity contribution is -0.145. The van der Waals surface area contributed by atoms with E-state index in [9.17, 15) is 19.5 Å². The lowest BCUT2D eigenvalue weighted by Crippen LogP contribution is -2.53. The van der Waals surface area contributed by atoms with Crippen LogP contribution in [0, 0.1) is 0 Å². The number of thiocarbonyl (C=S) groups is 1. The highest BCUT2D eigenvalue weighted by molar-refractivity contribution is 7.80. The molecule has 0 fully saturated rings. The molecule has 0 saturated carbocycles. The Morgan fingerprint density at radius 3 is 2.43 bits per heavy atom. The Morgan fingerprint density at radius 1 is 1.10 bits per heavy atom. The Balaban J connectivity index is 2.08. The van der Waals surface area contributed by atoms with E-state index in [0.29, 0.717) is 5.69 Å². The predicted octanol–water partition coefficient (Wildman–Crippen LogP) is 1.11. The third kappa shape index (κ3) is 7.47. The number of carbonyl (C=O) groups is 3. The summed E-state index contributed by atoms with van der Waals surface area (Å²) in [6, 6.07) is 10.3. The predicted molar refractivity (Wildman–Crippen MR) is 114 cm³/mol. The second-order valence-corrected chi connectivity index (χ2v) is 6.67. The number of amides is 1. The summed E-state index contributed by atoms with van der Waals surface area (Å²) in [6.07, 6.45) is 2.76. The molecule has 4 N–H and O–H groups in total. The molecule has 30 heavy (non-hydrogen) atoms. The maximum Gasteiger partial charge on any atom is 0.328 e. The van der Waals surface area contributed by atoms with Crippen LogP contribution in [0.15, 0.2) is 54.9 Å². The van der Waals surface area contributed by atoms with Crippen molar-refractivity contribution in [2.24, 2.45) is 0 Å². The molecule has 158 valence electrons. The lowest BCUT2D eigenvalue weighted by atomic mass is 10.1. The van der Waals surface area contributed by atoms with Gasteiger partial charge in [0.25, 0.3) is 0 Å². The van der Waals surface area contributed by atoms with Crippen LogP contribution in [0.3, 0.4) is 0 Å². The zero-order valence-electron chi connectivity index (χ0n) is 16.2. The topological polar surface area (TPSA) is 130 Å². The number of nitrogens with zero attached hydrogens (tertiary/aromatic N) is 1. The molecule has 2 rings (SSSR count). The third-order valence-corrected chi connectivity index (χ3v) is 4.22. The van der Waals surface area contributed by atoms with E-state index in [1.165, 1.54) is 13.3 Å². The summed E-state index contributed by atoms with van der Waals surface area (Å²) in [5.41, 5.74) is 1.38. The van der Waals surface area contributed by atoms with E-state index in [2.05, 4.69) is 20.9 Å². The minimum atomic E-state index is -1.21. The van der Waals surface area contributed by atoms with Crippen LogP contribution in [0.5, 0.6) is 0 Å². The molecular formula is C20H22N4O5S. The van der Waals surface area contributed by atoms with E-state index in [4.69, 9.17) is 17.0 Å². The number of esters is 1. The quantitative estimate of drug-likeness (QED) is 0.341. The fourth-order valence-corrected chi connectivity index (χ4v) is 2.86. The molecule has 2 atom stereocenters. The van der Waals surface area contributed by atoms with Crippen LogP contribution in [0.1, 0.15) is 12.0 Å². The number of anilines is 1. The molecule has 9 nitrogen and oxygen atoms in total. The molecule has 0 aliphatic rings. The molecule has 1 aromatic carbocycles. The van der Waals surface area contributed by atoms with Crippen molar-refractivity contribution in [1.29, 1.82) is 0 Å². The van der Waals surface area contributed by atoms with Gasteiger partial charge in [-0.25, -0.2) is 4.79 Å². The third-order valence-electron chi connectivity index (χ3n) is 4.00. The molecule has 0 aliphatic heterocycles. The molecule has 0 spiro atoms. The number of carboxylic acids is 1. The summed E-state index contributed by atoms with van der Waals surface area (Å²) in [7, 11) is 1.21. The smallest absolute Gasteiger partial charge is 0.328 e. The number of benzene rings is 1. The van der Waals surface area contributed by atoms with E-state index in [1.54, 1.807) is 18.3 Å². The summed E-state index contributed by atoms with van der Waals surface area (Å²) in [6.45, 7) is 0. The van der Waals surface area contributed by atoms with E-state index >= 15 is 0 Å². The number of methoxy groups -OCH3 is 1. The van der Waals surface area contributed by atoms with E-state index in [1.807, 2.05) is 30.3 Å². The van der Waals surface area contributed by atoms with Gasteiger partial charge < -0.3 is 25.8 Å². The van der Waals surface area contributed by atoms with E-state index in [-0.39, 0.29) is 11.5 Å². The van der Waals surface area contributed by atoms with E-state index in [0.717, 1.165) is 5.56 Å². The Hall–Kier alpha value is -3.53. The number of carbonyl (C=O) groups excluding carboxylic acids is 2. The first-order valence-corrected chi connectivity index (χ1v) is 9.41. The van der Waals surface area contributed by atoms with Gasteiger partial charge in [0.15, 0.2) is 5.11 Å². The Morgan fingerprint density at radius 2 is 1.83 bits per heavy atom. The van der Waals surface area contributed by atoms with Gasteiger partial charge in [-0.1, -0.05) is 30.3 Å². The summed E-state index contributed by atoms with van der Waals surface area (Å²) < 4.78 is 4.77. The maximum absolute atomic E-state index is 12.7. The first kappa shape index (κ1) is 22.8. The average Bonchev–Trinajstić information content (AvgIpc) is 2.73. The van der Waals surface area contributed by atoms with Gasteiger partial charge in [0.05, 0.1) is 25.4 Å². The highest BCUT2D eigenvalue weighted by Crippen LogP contribution is 2.07. The number of ether oxygens (including phenoxy) is 1. The van der Waals surface area contributed by atoms with Crippen molar-refractivity contribution in [2.45, 2.75) is 24.9 Å². The number of hydrogen-bond donors (Lipinski definition) is 4. The average molecular weight is 430 g/mol. The molecule has 0 unspecified atom stereocenters. The molecular weight excluding hydrogens is 408 g/mol. The Kier molecular flexibility index (Phi) is 8.70. The summed E-state index contributed by atoms with van der Waals surface area (Å²) in [5.74, 6) is -2.54. The SMILES string of the molecule is COC(=O)[C@H](Cc1ccccc1)NC(=O)[C@H](CC(=O)O)NC(=S)Nc1cccnc1. The normalized spacial score (nSPS) is 12.2. The largest absolute Gasteiger partial charge is 0.481 e. The summed E-state index contributed by atoms with van der Waals surface area (Å²) >= 11 is 5.16. The second kappa shape index (κ2) is 11.5. The van der Waals surface area contributed by atoms with Gasteiger partial charge in [0, 0.05) is 12.6 Å². The van der Waals surface area contributed by atoms with Crippen LogP contribution in [-0.2, 0) is 25.5 Å². The second-order valence-electron chi connectivity index (χ2n) is 6.26. The number of carboxylic acid groups (broad SMARTS) is 1. The number of rotatable bonds is 9. The minimum Gasteiger partial charge on any atom is -0.481 e. The van der Waals surface area contributed by atoms with Crippen LogP contribution in [0.25, 0.3) is 0 Å². The number of pyridine rings is 1. The van der Waals surface area contributed by atoms with Gasteiger partial charge in [0.1, 0.15) is 12.1 Å². The van der Waals surface area contributed by atoms with Crippen molar-refractivity contribution >= 4 is 40.9 Å². The highest BCUT2D eigenvalue weighted by atomic mass is 32.1. The van der Waals surface area contributed by atoms with Gasteiger partial charge >= 0.3 is 11.9 Å². The molecule has 2 aromatic rings. The van der Waals surface area contributed by atoms with Crippen LogP contribution in [0.2, 0.25) is 0 Å². The maximum atomic E-state index is 12.7. The fourth-order valence-electron chi connectivity index (χ4n) is 2.60. The van der Waals surface area contributed by atoms with Crippen molar-refractivity contribution < 1.29 is 24.2 Å². The molecule has 0 bridgehead atoms. The van der Waals surface area contributed by atoms with Crippen molar-refractivity contribution in [1.82, 2.24) is 15.6 Å². The number of hydrogen-bond acceptors (Lipinski definition) is 6. The van der Waals surface area contributed by atoms with Crippen molar-refractivity contribution in [3.8, 4) is 0 Å². The Labute approximate surface area is 178 Å². The number of aromatic nitrogens is 1. The monoisotopic (exact) mass is 430 g/mol. The summed E-state index contributed by atoms with van der Waals surface area (Å²) in [4.78, 5) is 40.1. The highest BCUT2D eigenvalue weighted by Gasteiger charge is 2.28. The van der Waals surface area contributed by atoms with Gasteiger partial charge in [0.2, 0.25) is 5.91 Å². The van der Waals surface area contributed by atoms with Gasteiger partial charge in [-0.3, -0.25) is 14.6 Å². The minimum absolute atomic E-state index is 0.0436. The van der Waals surface area contributed by atoms with Gasteiger partial charge in [-0.2, -0.15) is 0 Å². The number of nitrogens with one attached hydrogen (secondary N) is 3. The van der Waals surface area contributed by atoms with Crippen LogP contribution in [0.4, 0.5) is 5.69 Å². The van der Waals surface area contributed by atoms with E-state index < -0.39 is 36.4 Å². The van der Waals surface area contributed by atoms with Crippen LogP contribution >= 0.6 is 12.2 Å². The molecule has 0 aliphatic carbocycles. The molecule has 1 aromatic heterocycles. The summed E-state index contributed by atoms with van der Waals surface area (Å²) in [5, 5.41) is 17.3. The molecule has 0 radical (unpaired) electrons. The lowest BCUT2D eigenvalue weighted by Gasteiger charge is -2.22. The van der Waals surface area contributed by atoms with Crippen LogP contribution < -0.4 is 16.0 Å². The molecule has 1 amide bonds. The van der Waals surface area contributed by atoms with Crippen LogP contribution in [-0.4, -0.2) is 52.2 Å². The van der Waals surface area contributed by atoms with Crippen molar-refractivity contribution in [2.75, 3.05) is 12.4 Å².